The first-order valence-electron chi connectivity index (χ1n) is 6.24. The molecule has 1 unspecified atom stereocenters. The minimum atomic E-state index is -0.507. The molecule has 2 aromatic rings. The molecule has 1 atom stereocenters. The van der Waals surface area contributed by atoms with Crippen LogP contribution in [0.3, 0.4) is 0 Å². The highest BCUT2D eigenvalue weighted by molar-refractivity contribution is 9.10. The van der Waals surface area contributed by atoms with Crippen molar-refractivity contribution in [2.45, 2.75) is 19.4 Å². The predicted octanol–water partition coefficient (Wildman–Crippen LogP) is 4.35. The van der Waals surface area contributed by atoms with Gasteiger partial charge in [-0.25, -0.2) is 4.39 Å². The fourth-order valence-electron chi connectivity index (χ4n) is 1.92. The van der Waals surface area contributed by atoms with Gasteiger partial charge < -0.3 is 4.90 Å². The highest BCUT2D eigenvalue weighted by Gasteiger charge is 2.21. The lowest BCUT2D eigenvalue weighted by Crippen LogP contribution is -2.36. The second-order valence-electron chi connectivity index (χ2n) is 4.65. The van der Waals surface area contributed by atoms with Crippen LogP contribution in [0.2, 0.25) is 0 Å². The summed E-state index contributed by atoms with van der Waals surface area (Å²) in [5.41, 5.74) is 0.0971. The molecule has 0 spiro atoms. The zero-order chi connectivity index (χ0) is 14.7. The summed E-state index contributed by atoms with van der Waals surface area (Å²) in [7, 11) is 1.71. The van der Waals surface area contributed by atoms with Crippen molar-refractivity contribution < 1.29 is 9.18 Å². The topological polar surface area (TPSA) is 20.3 Å². The molecule has 0 aliphatic rings. The number of nitrogens with zero attached hydrogens (tertiary/aromatic N) is 1. The molecule has 2 nitrogen and oxygen atoms in total. The van der Waals surface area contributed by atoms with Crippen LogP contribution >= 0.6 is 27.3 Å². The number of halogens is 2. The summed E-state index contributed by atoms with van der Waals surface area (Å²) in [5, 5.41) is 2.01. The summed E-state index contributed by atoms with van der Waals surface area (Å²) in [5.74, 6) is -0.805. The first-order valence-corrected chi connectivity index (χ1v) is 7.91. The Labute approximate surface area is 130 Å². The summed E-state index contributed by atoms with van der Waals surface area (Å²) in [6.45, 7) is 1.97. The Bertz CT molecular complexity index is 600. The second-order valence-corrected chi connectivity index (χ2v) is 6.54. The van der Waals surface area contributed by atoms with Gasteiger partial charge in [-0.05, 0) is 46.4 Å². The van der Waals surface area contributed by atoms with Crippen molar-refractivity contribution in [2.75, 3.05) is 7.05 Å². The average Bonchev–Trinajstić information content (AvgIpc) is 2.93. The molecule has 0 saturated heterocycles. The molecular formula is C15H15BrFNOS. The smallest absolute Gasteiger partial charge is 0.256 e. The highest BCUT2D eigenvalue weighted by Crippen LogP contribution is 2.21. The Balaban J connectivity index is 2.13. The molecule has 1 aromatic heterocycles. The molecule has 2 rings (SSSR count). The number of hydrogen-bond donors (Lipinski definition) is 0. The van der Waals surface area contributed by atoms with Crippen molar-refractivity contribution in [3.63, 3.8) is 0 Å². The van der Waals surface area contributed by atoms with Crippen LogP contribution in [-0.4, -0.2) is 23.9 Å². The Hall–Kier alpha value is -1.20. The number of likely N-dealkylation sites (N-methyl/N-ethyl adjacent to an activating group) is 1. The fourth-order valence-corrected chi connectivity index (χ4v) is 3.11. The standard InChI is InChI=1S/C15H15BrFNOS/c1-10(9-11-5-4-8-20-11)18(2)15(19)12-6-3-7-13(16)14(12)17/h3-8,10H,9H2,1-2H3. The maximum atomic E-state index is 14.0. The number of rotatable bonds is 4. The molecule has 0 bridgehead atoms. The molecule has 1 amide bonds. The van der Waals surface area contributed by atoms with Crippen LogP contribution in [0.25, 0.3) is 0 Å². The molecule has 0 fully saturated rings. The van der Waals surface area contributed by atoms with Crippen molar-refractivity contribution >= 4 is 33.2 Å². The number of carbonyl (C=O) groups excluding carboxylic acids is 1. The lowest BCUT2D eigenvalue weighted by molar-refractivity contribution is 0.0739. The van der Waals surface area contributed by atoms with Crippen molar-refractivity contribution in [2.24, 2.45) is 0 Å². The Morgan fingerprint density at radius 1 is 1.40 bits per heavy atom. The van der Waals surface area contributed by atoms with Gasteiger partial charge in [0.25, 0.3) is 5.91 Å². The van der Waals surface area contributed by atoms with E-state index in [2.05, 4.69) is 15.9 Å². The van der Waals surface area contributed by atoms with Gasteiger partial charge in [0.2, 0.25) is 0 Å². The van der Waals surface area contributed by atoms with Crippen molar-refractivity contribution in [1.82, 2.24) is 4.90 Å². The van der Waals surface area contributed by atoms with E-state index in [9.17, 15) is 9.18 Å². The summed E-state index contributed by atoms with van der Waals surface area (Å²) in [6, 6.07) is 8.80. The first-order chi connectivity index (χ1) is 9.50. The van der Waals surface area contributed by atoms with Gasteiger partial charge in [0.05, 0.1) is 10.0 Å². The van der Waals surface area contributed by atoms with Crippen molar-refractivity contribution in [3.05, 3.63) is 56.4 Å². The maximum Gasteiger partial charge on any atom is 0.256 e. The van der Waals surface area contributed by atoms with Gasteiger partial charge in [0.1, 0.15) is 5.82 Å². The number of hydrogen-bond acceptors (Lipinski definition) is 2. The lowest BCUT2D eigenvalue weighted by Gasteiger charge is -2.25. The molecule has 5 heteroatoms. The van der Waals surface area contributed by atoms with E-state index in [1.165, 1.54) is 10.9 Å². The van der Waals surface area contributed by atoms with Crippen LogP contribution in [-0.2, 0) is 6.42 Å². The average molecular weight is 356 g/mol. The third-order valence-electron chi connectivity index (χ3n) is 3.24. The molecule has 0 N–H and O–H groups in total. The normalized spacial score (nSPS) is 12.2. The zero-order valence-corrected chi connectivity index (χ0v) is 13.7. The van der Waals surface area contributed by atoms with E-state index < -0.39 is 5.82 Å². The van der Waals surface area contributed by atoms with E-state index in [1.54, 1.807) is 35.4 Å². The second kappa shape index (κ2) is 6.50. The van der Waals surface area contributed by atoms with E-state index in [0.717, 1.165) is 6.42 Å². The number of thiophene rings is 1. The Morgan fingerprint density at radius 2 is 2.15 bits per heavy atom. The number of carbonyl (C=O) groups is 1. The van der Waals surface area contributed by atoms with E-state index in [0.29, 0.717) is 4.47 Å². The molecule has 0 radical (unpaired) electrons. The van der Waals surface area contributed by atoms with Gasteiger partial charge in [-0.15, -0.1) is 11.3 Å². The molecule has 106 valence electrons. The fraction of sp³-hybridized carbons (Fsp3) is 0.267. The molecule has 0 aliphatic carbocycles. The highest BCUT2D eigenvalue weighted by atomic mass is 79.9. The summed E-state index contributed by atoms with van der Waals surface area (Å²) in [6.07, 6.45) is 0.773. The third kappa shape index (κ3) is 3.27. The molecular weight excluding hydrogens is 341 g/mol. The van der Waals surface area contributed by atoms with E-state index in [1.807, 2.05) is 24.4 Å². The monoisotopic (exact) mass is 355 g/mol. The van der Waals surface area contributed by atoms with Gasteiger partial charge in [0, 0.05) is 24.4 Å². The van der Waals surface area contributed by atoms with Crippen LogP contribution in [0.1, 0.15) is 22.2 Å². The largest absolute Gasteiger partial charge is 0.339 e. The molecule has 1 aromatic carbocycles. The summed E-state index contributed by atoms with van der Waals surface area (Å²) in [4.78, 5) is 15.2. The van der Waals surface area contributed by atoms with Gasteiger partial charge >= 0.3 is 0 Å². The zero-order valence-electron chi connectivity index (χ0n) is 11.3. The van der Waals surface area contributed by atoms with Crippen LogP contribution in [0.5, 0.6) is 0 Å². The van der Waals surface area contributed by atoms with Crippen LogP contribution in [0.4, 0.5) is 4.39 Å². The summed E-state index contributed by atoms with van der Waals surface area (Å²) >= 11 is 4.77. The Kier molecular flexibility index (Phi) is 4.94. The van der Waals surface area contributed by atoms with Gasteiger partial charge in [-0.3, -0.25) is 4.79 Å². The molecule has 20 heavy (non-hydrogen) atoms. The van der Waals surface area contributed by atoms with Crippen LogP contribution in [0, 0.1) is 5.82 Å². The quantitative estimate of drug-likeness (QED) is 0.798. The van der Waals surface area contributed by atoms with Gasteiger partial charge in [-0.1, -0.05) is 12.1 Å². The van der Waals surface area contributed by atoms with Gasteiger partial charge in [0.15, 0.2) is 0 Å². The summed E-state index contributed by atoms with van der Waals surface area (Å²) < 4.78 is 14.3. The van der Waals surface area contributed by atoms with E-state index in [-0.39, 0.29) is 17.5 Å². The third-order valence-corrected chi connectivity index (χ3v) is 4.75. The SMILES string of the molecule is CC(Cc1cccs1)N(C)C(=O)c1cccc(Br)c1F. The first kappa shape index (κ1) is 15.2. The Morgan fingerprint density at radius 3 is 2.80 bits per heavy atom. The predicted molar refractivity (Wildman–Crippen MR) is 83.7 cm³/mol. The van der Waals surface area contributed by atoms with Crippen molar-refractivity contribution in [1.29, 1.82) is 0 Å². The number of benzene rings is 1. The van der Waals surface area contributed by atoms with E-state index >= 15 is 0 Å². The van der Waals surface area contributed by atoms with Gasteiger partial charge in [-0.2, -0.15) is 0 Å². The van der Waals surface area contributed by atoms with Crippen LogP contribution in [0.15, 0.2) is 40.2 Å². The molecule has 1 heterocycles. The molecule has 0 saturated carbocycles. The number of amides is 1. The van der Waals surface area contributed by atoms with Crippen LogP contribution < -0.4 is 0 Å². The van der Waals surface area contributed by atoms with Crippen molar-refractivity contribution in [3.8, 4) is 0 Å². The lowest BCUT2D eigenvalue weighted by atomic mass is 10.1. The minimum Gasteiger partial charge on any atom is -0.339 e. The van der Waals surface area contributed by atoms with E-state index in [4.69, 9.17) is 0 Å². The minimum absolute atomic E-state index is 0.0135. The molecule has 0 aliphatic heterocycles. The maximum absolute atomic E-state index is 14.0.